The van der Waals surface area contributed by atoms with Crippen LogP contribution in [0.5, 0.6) is 11.5 Å². The summed E-state index contributed by atoms with van der Waals surface area (Å²) in [5, 5.41) is 2.99. The van der Waals surface area contributed by atoms with Gasteiger partial charge in [-0.05, 0) is 51.8 Å². The highest BCUT2D eigenvalue weighted by Crippen LogP contribution is 2.46. The molecule has 2 aromatic rings. The van der Waals surface area contributed by atoms with Crippen LogP contribution < -0.4 is 14.8 Å². The van der Waals surface area contributed by atoms with Crippen molar-refractivity contribution in [2.75, 3.05) is 12.4 Å². The first-order valence-electron chi connectivity index (χ1n) is 11.4. The van der Waals surface area contributed by atoms with E-state index < -0.39 is 11.8 Å². The van der Waals surface area contributed by atoms with Gasteiger partial charge in [0.05, 0.1) is 24.8 Å². The Hall–Kier alpha value is -3.41. The van der Waals surface area contributed by atoms with Crippen molar-refractivity contribution in [3.8, 4) is 11.5 Å². The Labute approximate surface area is 194 Å². The highest BCUT2D eigenvalue weighted by molar-refractivity contribution is 6.14. The van der Waals surface area contributed by atoms with Crippen molar-refractivity contribution < 1.29 is 19.1 Å². The number of hydrogen-bond donors (Lipinski definition) is 1. The smallest absolute Gasteiger partial charge is 0.254 e. The molecule has 1 N–H and O–H groups in total. The van der Waals surface area contributed by atoms with Gasteiger partial charge in [-0.15, -0.1) is 0 Å². The molecule has 1 fully saturated rings. The number of nitrogens with zero attached hydrogens (tertiary/aromatic N) is 1. The monoisotopic (exact) mass is 446 g/mol. The van der Waals surface area contributed by atoms with Gasteiger partial charge in [-0.2, -0.15) is 0 Å². The van der Waals surface area contributed by atoms with Crippen LogP contribution in [-0.2, 0) is 9.59 Å². The first-order valence-corrected chi connectivity index (χ1v) is 11.4. The van der Waals surface area contributed by atoms with Crippen LogP contribution in [0.1, 0.15) is 51.5 Å². The summed E-state index contributed by atoms with van der Waals surface area (Å²) in [6.45, 7) is 5.78. The van der Waals surface area contributed by atoms with Crippen molar-refractivity contribution in [3.63, 3.8) is 0 Å². The van der Waals surface area contributed by atoms with Crippen molar-refractivity contribution in [3.05, 3.63) is 65.4 Å². The molecule has 33 heavy (non-hydrogen) atoms. The molecular weight excluding hydrogens is 416 g/mol. The number of hydrogen-bond acceptors (Lipinski definition) is 5. The number of allylic oxidation sites excluding steroid dienone is 1. The number of rotatable bonds is 6. The third kappa shape index (κ3) is 4.56. The number of ketones is 1. The van der Waals surface area contributed by atoms with Crippen LogP contribution in [0.15, 0.2) is 64.8 Å². The minimum Gasteiger partial charge on any atom is -0.495 e. The molecule has 2 atom stereocenters. The van der Waals surface area contributed by atoms with Crippen LogP contribution in [0, 0.1) is 5.92 Å². The largest absolute Gasteiger partial charge is 0.495 e. The molecule has 0 spiro atoms. The average Bonchev–Trinajstić information content (AvgIpc) is 2.78. The molecule has 0 saturated heterocycles. The number of amides is 1. The summed E-state index contributed by atoms with van der Waals surface area (Å²) in [7, 11) is 1.57. The first kappa shape index (κ1) is 22.8. The van der Waals surface area contributed by atoms with Crippen LogP contribution in [0.2, 0.25) is 0 Å². The zero-order valence-corrected chi connectivity index (χ0v) is 19.6. The van der Waals surface area contributed by atoms with Gasteiger partial charge in [0.1, 0.15) is 17.3 Å². The standard InChI is InChI=1S/C27H30N2O4/c1-16(2)33-22-14-7-5-10-18(22)25-24(17(3)28-20-12-9-13-21(30)26(20)25)27(31)29-19-11-6-8-15-23(19)32-4/h5-8,10-11,14-16,25-26H,9,12-13H2,1-4H3,(H,29,31)/t25-,26-/m0/s1. The number of Topliss-reactive ketones (excluding diaryl/α,β-unsaturated/α-hetero) is 1. The molecule has 0 unspecified atom stereocenters. The number of carbonyl (C=O) groups excluding carboxylic acids is 2. The maximum Gasteiger partial charge on any atom is 0.254 e. The van der Waals surface area contributed by atoms with E-state index in [1.807, 2.05) is 57.2 Å². The fourth-order valence-corrected chi connectivity index (χ4v) is 4.79. The third-order valence-corrected chi connectivity index (χ3v) is 6.12. The van der Waals surface area contributed by atoms with Crippen LogP contribution in [0.4, 0.5) is 5.69 Å². The molecule has 1 saturated carbocycles. The van der Waals surface area contributed by atoms with Crippen molar-refractivity contribution in [2.24, 2.45) is 10.9 Å². The zero-order chi connectivity index (χ0) is 23.5. The number of aliphatic imine (C=N–C) groups is 1. The molecule has 1 aliphatic carbocycles. The van der Waals surface area contributed by atoms with E-state index in [1.54, 1.807) is 19.2 Å². The van der Waals surface area contributed by atoms with Gasteiger partial charge in [-0.3, -0.25) is 14.6 Å². The summed E-state index contributed by atoms with van der Waals surface area (Å²) in [6.07, 6.45) is 2.01. The highest BCUT2D eigenvalue weighted by Gasteiger charge is 2.44. The minimum atomic E-state index is -0.463. The van der Waals surface area contributed by atoms with E-state index in [9.17, 15) is 9.59 Å². The van der Waals surface area contributed by atoms with Gasteiger partial charge < -0.3 is 14.8 Å². The van der Waals surface area contributed by atoms with E-state index in [2.05, 4.69) is 5.32 Å². The van der Waals surface area contributed by atoms with Gasteiger partial charge in [0, 0.05) is 34.9 Å². The molecule has 2 aromatic carbocycles. The Morgan fingerprint density at radius 2 is 1.73 bits per heavy atom. The predicted octanol–water partition coefficient (Wildman–Crippen LogP) is 5.30. The normalized spacial score (nSPS) is 20.3. The molecule has 1 aliphatic heterocycles. The van der Waals surface area contributed by atoms with E-state index >= 15 is 0 Å². The quantitative estimate of drug-likeness (QED) is 0.653. The van der Waals surface area contributed by atoms with Gasteiger partial charge in [-0.1, -0.05) is 30.3 Å². The van der Waals surface area contributed by atoms with Gasteiger partial charge in [0.2, 0.25) is 0 Å². The van der Waals surface area contributed by atoms with E-state index in [0.717, 1.165) is 24.1 Å². The number of ether oxygens (including phenoxy) is 2. The second kappa shape index (κ2) is 9.61. The number of benzene rings is 2. The molecule has 1 amide bonds. The summed E-state index contributed by atoms with van der Waals surface area (Å²) < 4.78 is 11.5. The van der Waals surface area contributed by atoms with Crippen LogP contribution in [0.3, 0.4) is 0 Å². The molecule has 1 heterocycles. The molecule has 172 valence electrons. The fraction of sp³-hybridized carbons (Fsp3) is 0.370. The number of methoxy groups -OCH3 is 1. The van der Waals surface area contributed by atoms with Crippen molar-refractivity contribution >= 4 is 23.1 Å². The Kier molecular flexibility index (Phi) is 6.63. The van der Waals surface area contributed by atoms with Gasteiger partial charge in [0.25, 0.3) is 5.91 Å². The topological polar surface area (TPSA) is 77.0 Å². The third-order valence-electron chi connectivity index (χ3n) is 6.12. The molecule has 6 nitrogen and oxygen atoms in total. The van der Waals surface area contributed by atoms with E-state index in [1.165, 1.54) is 0 Å². The lowest BCUT2D eigenvalue weighted by Gasteiger charge is -2.36. The number of nitrogens with one attached hydrogen (secondary N) is 1. The minimum absolute atomic E-state index is 0.0409. The van der Waals surface area contributed by atoms with Gasteiger partial charge in [-0.25, -0.2) is 0 Å². The summed E-state index contributed by atoms with van der Waals surface area (Å²) in [6, 6.07) is 15.0. The van der Waals surface area contributed by atoms with Crippen LogP contribution in [0.25, 0.3) is 0 Å². The number of para-hydroxylation sites is 3. The summed E-state index contributed by atoms with van der Waals surface area (Å²) in [5.41, 5.74) is 3.39. The van der Waals surface area contributed by atoms with Crippen molar-refractivity contribution in [1.29, 1.82) is 0 Å². The second-order valence-corrected chi connectivity index (χ2v) is 8.74. The van der Waals surface area contributed by atoms with Crippen molar-refractivity contribution in [2.45, 2.75) is 52.1 Å². The molecule has 0 aromatic heterocycles. The maximum atomic E-state index is 13.7. The molecule has 0 bridgehead atoms. The average molecular weight is 447 g/mol. The van der Waals surface area contributed by atoms with Gasteiger partial charge >= 0.3 is 0 Å². The van der Waals surface area contributed by atoms with E-state index in [4.69, 9.17) is 14.5 Å². The predicted molar refractivity (Wildman–Crippen MR) is 129 cm³/mol. The lowest BCUT2D eigenvalue weighted by molar-refractivity contribution is -0.122. The van der Waals surface area contributed by atoms with Crippen molar-refractivity contribution in [1.82, 2.24) is 0 Å². The number of fused-ring (bicyclic) bond motifs is 1. The first-order chi connectivity index (χ1) is 15.9. The SMILES string of the molecule is COc1ccccc1NC(=O)C1=C(C)N=C2CCCC(=O)[C@H]2[C@H]1c1ccccc1OC(C)C. The summed E-state index contributed by atoms with van der Waals surface area (Å²) in [4.78, 5) is 31.6. The molecule has 6 heteroatoms. The number of anilines is 1. The lowest BCUT2D eigenvalue weighted by Crippen LogP contribution is -2.40. The fourth-order valence-electron chi connectivity index (χ4n) is 4.79. The van der Waals surface area contributed by atoms with E-state index in [-0.39, 0.29) is 17.8 Å². The Bertz CT molecular complexity index is 1130. The highest BCUT2D eigenvalue weighted by atomic mass is 16.5. The summed E-state index contributed by atoms with van der Waals surface area (Å²) in [5.74, 6) is 0.167. The molecule has 2 aliphatic rings. The van der Waals surface area contributed by atoms with Crippen LogP contribution >= 0.6 is 0 Å². The number of carbonyl (C=O) groups is 2. The lowest BCUT2D eigenvalue weighted by atomic mass is 9.69. The molecule has 0 radical (unpaired) electrons. The Balaban J connectivity index is 1.83. The maximum absolute atomic E-state index is 13.7. The Morgan fingerprint density at radius 1 is 1.03 bits per heavy atom. The van der Waals surface area contributed by atoms with E-state index in [0.29, 0.717) is 34.9 Å². The molecule has 4 rings (SSSR count). The summed E-state index contributed by atoms with van der Waals surface area (Å²) >= 11 is 0. The zero-order valence-electron chi connectivity index (χ0n) is 19.6. The van der Waals surface area contributed by atoms with Gasteiger partial charge in [0.15, 0.2) is 0 Å². The second-order valence-electron chi connectivity index (χ2n) is 8.74. The Morgan fingerprint density at radius 3 is 2.45 bits per heavy atom. The van der Waals surface area contributed by atoms with Crippen LogP contribution in [-0.4, -0.2) is 30.6 Å². The molecular formula is C27H30N2O4.